The number of aliphatic hydroxyl groups excluding tert-OH is 2. The molecule has 0 spiro atoms. The second-order valence-electron chi connectivity index (χ2n) is 15.2. The van der Waals surface area contributed by atoms with E-state index in [9.17, 15) is 19.8 Å². The van der Waals surface area contributed by atoms with Gasteiger partial charge in [0.25, 0.3) is 0 Å². The van der Waals surface area contributed by atoms with Gasteiger partial charge >= 0.3 is 11.9 Å². The zero-order valence-corrected chi connectivity index (χ0v) is 34.4. The minimum atomic E-state index is -0.942. The Labute approximate surface area is 355 Å². The molecule has 1 aliphatic rings. The predicted molar refractivity (Wildman–Crippen MR) is 235 cm³/mol. The Morgan fingerprint density at radius 3 is 1.34 bits per heavy atom. The summed E-state index contributed by atoms with van der Waals surface area (Å²) in [5.41, 5.74) is 7.07. The molecule has 0 aromatic heterocycles. The van der Waals surface area contributed by atoms with E-state index in [2.05, 4.69) is 110 Å². The van der Waals surface area contributed by atoms with E-state index in [-0.39, 0.29) is 64.0 Å². The molecule has 2 N–H and O–H groups in total. The first-order valence-corrected chi connectivity index (χ1v) is 20.2. The van der Waals surface area contributed by atoms with Crippen LogP contribution >= 0.6 is 0 Å². The van der Waals surface area contributed by atoms with Crippen LogP contribution in [0.15, 0.2) is 146 Å². The molecule has 0 aliphatic heterocycles. The Kier molecular flexibility index (Phi) is 13.6. The smallest absolute Gasteiger partial charge is 0.333 e. The van der Waals surface area contributed by atoms with Crippen LogP contribution in [0, 0.1) is 0 Å². The summed E-state index contributed by atoms with van der Waals surface area (Å²) >= 11 is 0. The molecule has 0 heterocycles. The summed E-state index contributed by atoms with van der Waals surface area (Å²) in [4.78, 5) is 23.1. The van der Waals surface area contributed by atoms with E-state index in [0.29, 0.717) is 11.5 Å². The van der Waals surface area contributed by atoms with Crippen molar-refractivity contribution in [3.63, 3.8) is 0 Å². The number of ether oxygens (including phenoxy) is 6. The second kappa shape index (κ2) is 19.4. The van der Waals surface area contributed by atoms with E-state index in [1.54, 1.807) is 13.8 Å². The number of hydrogen-bond donors (Lipinski definition) is 2. The first-order chi connectivity index (χ1) is 29.5. The zero-order valence-electron chi connectivity index (χ0n) is 34.4. The number of rotatable bonds is 20. The maximum atomic E-state index is 11.6. The SMILES string of the molecule is C=C(C)C(=O)OCC(O)COCCOc1ccc2cc(C3(c4ccc5cc(OCCOCC(O)COC(=O)C(=C)C)ccc5c4)c4ccccc4-c4ccccc43)ccc2c1. The van der Waals surface area contributed by atoms with Gasteiger partial charge in [0.2, 0.25) is 0 Å². The molecule has 314 valence electrons. The van der Waals surface area contributed by atoms with Crippen LogP contribution in [0.25, 0.3) is 32.7 Å². The van der Waals surface area contributed by atoms with E-state index in [0.717, 1.165) is 32.7 Å². The van der Waals surface area contributed by atoms with Crippen LogP contribution in [0.2, 0.25) is 0 Å². The highest BCUT2D eigenvalue weighted by Crippen LogP contribution is 2.56. The summed E-state index contributed by atoms with van der Waals surface area (Å²) in [6, 6.07) is 42.7. The van der Waals surface area contributed by atoms with Gasteiger partial charge in [-0.25, -0.2) is 9.59 Å². The molecule has 6 aromatic rings. The van der Waals surface area contributed by atoms with Crippen LogP contribution in [-0.2, 0) is 34.0 Å². The zero-order chi connectivity index (χ0) is 42.9. The minimum Gasteiger partial charge on any atom is -0.491 e. The predicted octanol–water partition coefficient (Wildman–Crippen LogP) is 8.11. The lowest BCUT2D eigenvalue weighted by Crippen LogP contribution is -2.28. The molecule has 2 unspecified atom stereocenters. The average Bonchev–Trinajstić information content (AvgIpc) is 3.57. The molecule has 6 aromatic carbocycles. The third-order valence-corrected chi connectivity index (χ3v) is 10.6. The first kappa shape index (κ1) is 42.8. The largest absolute Gasteiger partial charge is 0.491 e. The number of esters is 2. The molecule has 0 saturated carbocycles. The molecular weight excluding hydrogens is 773 g/mol. The summed E-state index contributed by atoms with van der Waals surface area (Å²) < 4.78 is 33.0. The van der Waals surface area contributed by atoms with Gasteiger partial charge < -0.3 is 38.6 Å². The van der Waals surface area contributed by atoms with Crippen LogP contribution in [-0.4, -0.2) is 87.2 Å². The lowest BCUT2D eigenvalue weighted by molar-refractivity contribution is -0.143. The topological polar surface area (TPSA) is 130 Å². The minimum absolute atomic E-state index is 0.0119. The molecule has 10 heteroatoms. The lowest BCUT2D eigenvalue weighted by Gasteiger charge is -2.34. The highest BCUT2D eigenvalue weighted by atomic mass is 16.6. The third-order valence-electron chi connectivity index (χ3n) is 10.6. The van der Waals surface area contributed by atoms with Crippen LogP contribution in [0.3, 0.4) is 0 Å². The Balaban J connectivity index is 1.07. The number of benzene rings is 6. The molecule has 0 saturated heterocycles. The van der Waals surface area contributed by atoms with E-state index >= 15 is 0 Å². The summed E-state index contributed by atoms with van der Waals surface area (Å²) in [5, 5.41) is 24.3. The van der Waals surface area contributed by atoms with Crippen molar-refractivity contribution in [1.82, 2.24) is 0 Å². The third kappa shape index (κ3) is 9.69. The van der Waals surface area contributed by atoms with Crippen molar-refractivity contribution >= 4 is 33.5 Å². The quantitative estimate of drug-likeness (QED) is 0.0442. The normalized spacial score (nSPS) is 13.5. The van der Waals surface area contributed by atoms with Gasteiger partial charge in [0, 0.05) is 11.1 Å². The van der Waals surface area contributed by atoms with E-state index < -0.39 is 29.6 Å². The molecule has 1 aliphatic carbocycles. The molecule has 2 atom stereocenters. The lowest BCUT2D eigenvalue weighted by atomic mass is 9.67. The van der Waals surface area contributed by atoms with Gasteiger partial charge in [-0.2, -0.15) is 0 Å². The highest BCUT2D eigenvalue weighted by molar-refractivity contribution is 5.92. The van der Waals surface area contributed by atoms with Crippen molar-refractivity contribution in [2.75, 3.05) is 52.9 Å². The van der Waals surface area contributed by atoms with Crippen LogP contribution < -0.4 is 9.47 Å². The van der Waals surface area contributed by atoms with Gasteiger partial charge in [-0.1, -0.05) is 98.1 Å². The number of aliphatic hydroxyl groups is 2. The molecule has 0 bridgehead atoms. The molecule has 7 rings (SSSR count). The number of hydrogen-bond acceptors (Lipinski definition) is 10. The van der Waals surface area contributed by atoms with Crippen molar-refractivity contribution in [3.8, 4) is 22.6 Å². The standard InChI is InChI=1S/C51H50O10/c1-33(2)49(54)60-31-41(52)29-56-21-23-58-43-19-15-35-25-39(17-13-37(35)27-43)51(47-11-7-5-9-45(47)46-10-6-8-12-48(46)51)40-18-14-38-28-44(20-16-36(38)26-40)59-24-22-57-30-42(53)32-61-50(55)34(3)4/h5-20,25-28,41-42,52-53H,1,3,21-24,29-32H2,2,4H3. The average molecular weight is 823 g/mol. The summed E-state index contributed by atoms with van der Waals surface area (Å²) in [6.45, 7) is 10.9. The number of fused-ring (bicyclic) bond motifs is 5. The summed E-state index contributed by atoms with van der Waals surface area (Å²) in [6.07, 6.45) is -1.88. The van der Waals surface area contributed by atoms with E-state index in [1.165, 1.54) is 22.3 Å². The Hall–Kier alpha value is -6.30. The molecule has 0 amide bonds. The van der Waals surface area contributed by atoms with Crippen molar-refractivity contribution in [3.05, 3.63) is 168 Å². The maximum absolute atomic E-state index is 11.6. The van der Waals surface area contributed by atoms with Gasteiger partial charge in [0.1, 0.15) is 50.1 Å². The number of carbonyl (C=O) groups is 2. The van der Waals surface area contributed by atoms with E-state index in [4.69, 9.17) is 28.4 Å². The summed E-state index contributed by atoms with van der Waals surface area (Å²) in [5.74, 6) is 0.310. The van der Waals surface area contributed by atoms with Gasteiger partial charge in [-0.3, -0.25) is 0 Å². The van der Waals surface area contributed by atoms with Gasteiger partial charge in [0.05, 0.1) is 31.8 Å². The van der Waals surface area contributed by atoms with Crippen LogP contribution in [0.4, 0.5) is 0 Å². The monoisotopic (exact) mass is 822 g/mol. The van der Waals surface area contributed by atoms with Gasteiger partial charge in [-0.05, 0) is 105 Å². The fourth-order valence-corrected chi connectivity index (χ4v) is 7.68. The molecule has 10 nitrogen and oxygen atoms in total. The molecular formula is C51H50O10. The Morgan fingerprint density at radius 2 is 0.918 bits per heavy atom. The van der Waals surface area contributed by atoms with Crippen LogP contribution in [0.5, 0.6) is 11.5 Å². The molecule has 61 heavy (non-hydrogen) atoms. The van der Waals surface area contributed by atoms with Crippen molar-refractivity contribution < 1.29 is 48.2 Å². The Bertz CT molecular complexity index is 2380. The van der Waals surface area contributed by atoms with Gasteiger partial charge in [-0.15, -0.1) is 0 Å². The second-order valence-corrected chi connectivity index (χ2v) is 15.2. The summed E-state index contributed by atoms with van der Waals surface area (Å²) in [7, 11) is 0. The Morgan fingerprint density at radius 1 is 0.525 bits per heavy atom. The van der Waals surface area contributed by atoms with Crippen molar-refractivity contribution in [2.24, 2.45) is 0 Å². The van der Waals surface area contributed by atoms with Crippen molar-refractivity contribution in [1.29, 1.82) is 0 Å². The fraction of sp³-hybridized carbons (Fsp3) is 0.255. The number of carbonyl (C=O) groups excluding carboxylic acids is 2. The fourth-order valence-electron chi connectivity index (χ4n) is 7.68. The highest BCUT2D eigenvalue weighted by Gasteiger charge is 2.46. The van der Waals surface area contributed by atoms with Crippen LogP contribution in [0.1, 0.15) is 36.1 Å². The maximum Gasteiger partial charge on any atom is 0.333 e. The van der Waals surface area contributed by atoms with E-state index in [1.807, 2.05) is 24.3 Å². The van der Waals surface area contributed by atoms with Crippen molar-refractivity contribution in [2.45, 2.75) is 31.5 Å². The van der Waals surface area contributed by atoms with Gasteiger partial charge in [0.15, 0.2) is 0 Å². The molecule has 0 radical (unpaired) electrons. The molecule has 0 fully saturated rings. The first-order valence-electron chi connectivity index (χ1n) is 20.2.